The summed E-state index contributed by atoms with van der Waals surface area (Å²) in [6, 6.07) is 2.09. The summed E-state index contributed by atoms with van der Waals surface area (Å²) in [6.45, 7) is 5.33. The Hall–Kier alpha value is -1.34. The highest BCUT2D eigenvalue weighted by Gasteiger charge is 2.11. The molecule has 7 heteroatoms. The first-order chi connectivity index (χ1) is 8.65. The molecule has 0 radical (unpaired) electrons. The zero-order valence-corrected chi connectivity index (χ0v) is 11.7. The smallest absolute Gasteiger partial charge is 0.191 e. The van der Waals surface area contributed by atoms with Gasteiger partial charge in [0, 0.05) is 25.0 Å². The van der Waals surface area contributed by atoms with Crippen LogP contribution in [-0.2, 0) is 25.9 Å². The number of rotatable bonds is 5. The standard InChI is InChI=1S/C11H18N6S/c1-4-17-10(6-12)13-14-11(17)18-7-9-5-8(2)15-16(9)3/h5H,4,6-7,12H2,1-3H3. The summed E-state index contributed by atoms with van der Waals surface area (Å²) in [6.07, 6.45) is 0. The Morgan fingerprint density at radius 1 is 1.39 bits per heavy atom. The molecule has 2 aromatic rings. The van der Waals surface area contributed by atoms with Crippen LogP contribution in [0, 0.1) is 6.92 Å². The molecule has 0 spiro atoms. The third kappa shape index (κ3) is 2.56. The molecule has 0 saturated heterocycles. The molecule has 0 aliphatic carbocycles. The summed E-state index contributed by atoms with van der Waals surface area (Å²) in [4.78, 5) is 0. The van der Waals surface area contributed by atoms with E-state index in [2.05, 4.69) is 28.3 Å². The molecule has 0 aromatic carbocycles. The van der Waals surface area contributed by atoms with Crippen LogP contribution >= 0.6 is 11.8 Å². The van der Waals surface area contributed by atoms with Crippen molar-refractivity contribution in [2.45, 2.75) is 37.8 Å². The summed E-state index contributed by atoms with van der Waals surface area (Å²) >= 11 is 1.66. The Morgan fingerprint density at radius 3 is 2.72 bits per heavy atom. The second kappa shape index (κ2) is 5.53. The number of aromatic nitrogens is 5. The summed E-state index contributed by atoms with van der Waals surface area (Å²) in [5.41, 5.74) is 7.84. The Labute approximate surface area is 111 Å². The molecule has 2 N–H and O–H groups in total. The van der Waals surface area contributed by atoms with Crippen LogP contribution in [0.3, 0.4) is 0 Å². The Balaban J connectivity index is 2.10. The van der Waals surface area contributed by atoms with Crippen LogP contribution < -0.4 is 5.73 Å². The van der Waals surface area contributed by atoms with Gasteiger partial charge >= 0.3 is 0 Å². The van der Waals surface area contributed by atoms with E-state index in [1.807, 2.05) is 23.2 Å². The predicted octanol–water partition coefficient (Wildman–Crippen LogP) is 1.09. The second-order valence-corrected chi connectivity index (χ2v) is 4.98. The van der Waals surface area contributed by atoms with Gasteiger partial charge in [-0.3, -0.25) is 4.68 Å². The molecule has 0 saturated carbocycles. The van der Waals surface area contributed by atoms with Crippen LogP contribution in [0.15, 0.2) is 11.2 Å². The monoisotopic (exact) mass is 266 g/mol. The van der Waals surface area contributed by atoms with Crippen molar-refractivity contribution in [1.29, 1.82) is 0 Å². The number of aryl methyl sites for hydroxylation is 2. The highest BCUT2D eigenvalue weighted by Crippen LogP contribution is 2.21. The lowest BCUT2D eigenvalue weighted by Gasteiger charge is -2.05. The van der Waals surface area contributed by atoms with Gasteiger partial charge < -0.3 is 10.3 Å². The Bertz CT molecular complexity index is 530. The summed E-state index contributed by atoms with van der Waals surface area (Å²) in [7, 11) is 1.96. The van der Waals surface area contributed by atoms with E-state index in [4.69, 9.17) is 5.73 Å². The number of nitrogens with zero attached hydrogens (tertiary/aromatic N) is 5. The molecule has 2 aromatic heterocycles. The lowest BCUT2D eigenvalue weighted by atomic mass is 10.4. The molecular weight excluding hydrogens is 248 g/mol. The van der Waals surface area contributed by atoms with Gasteiger partial charge in [0.15, 0.2) is 5.16 Å². The summed E-state index contributed by atoms with van der Waals surface area (Å²) in [5, 5.41) is 13.5. The zero-order chi connectivity index (χ0) is 13.1. The van der Waals surface area contributed by atoms with E-state index in [0.717, 1.165) is 29.0 Å². The van der Waals surface area contributed by atoms with Crippen LogP contribution in [0.5, 0.6) is 0 Å². The van der Waals surface area contributed by atoms with Crippen molar-refractivity contribution in [2.24, 2.45) is 12.8 Å². The molecule has 0 aliphatic rings. The molecule has 2 rings (SSSR count). The third-order valence-corrected chi connectivity index (χ3v) is 3.74. The highest BCUT2D eigenvalue weighted by molar-refractivity contribution is 7.98. The van der Waals surface area contributed by atoms with Crippen LogP contribution in [0.25, 0.3) is 0 Å². The number of nitrogens with two attached hydrogens (primary N) is 1. The third-order valence-electron chi connectivity index (χ3n) is 2.74. The average Bonchev–Trinajstić information content (AvgIpc) is 2.89. The van der Waals surface area contributed by atoms with E-state index in [1.54, 1.807) is 11.8 Å². The Morgan fingerprint density at radius 2 is 2.17 bits per heavy atom. The molecule has 18 heavy (non-hydrogen) atoms. The summed E-state index contributed by atoms with van der Waals surface area (Å²) in [5.74, 6) is 1.67. The molecule has 0 amide bonds. The maximum Gasteiger partial charge on any atom is 0.191 e. The highest BCUT2D eigenvalue weighted by atomic mass is 32.2. The first kappa shape index (κ1) is 13.1. The molecule has 0 fully saturated rings. The minimum absolute atomic E-state index is 0.423. The largest absolute Gasteiger partial charge is 0.324 e. The zero-order valence-electron chi connectivity index (χ0n) is 10.9. The number of hydrogen-bond donors (Lipinski definition) is 1. The molecular formula is C11H18N6S. The van der Waals surface area contributed by atoms with Crippen LogP contribution in [0.2, 0.25) is 0 Å². The van der Waals surface area contributed by atoms with E-state index >= 15 is 0 Å². The van der Waals surface area contributed by atoms with Crippen molar-refractivity contribution in [3.8, 4) is 0 Å². The van der Waals surface area contributed by atoms with Gasteiger partial charge in [-0.15, -0.1) is 10.2 Å². The van der Waals surface area contributed by atoms with E-state index in [1.165, 1.54) is 5.69 Å². The second-order valence-electron chi connectivity index (χ2n) is 4.04. The molecule has 6 nitrogen and oxygen atoms in total. The minimum atomic E-state index is 0.423. The van der Waals surface area contributed by atoms with Crippen LogP contribution in [-0.4, -0.2) is 24.5 Å². The lowest BCUT2D eigenvalue weighted by molar-refractivity contribution is 0.642. The van der Waals surface area contributed by atoms with Crippen molar-refractivity contribution in [2.75, 3.05) is 0 Å². The predicted molar refractivity (Wildman–Crippen MR) is 71.1 cm³/mol. The van der Waals surface area contributed by atoms with Crippen LogP contribution in [0.1, 0.15) is 24.1 Å². The quantitative estimate of drug-likeness (QED) is 0.820. The first-order valence-electron chi connectivity index (χ1n) is 5.90. The van der Waals surface area contributed by atoms with Crippen molar-refractivity contribution >= 4 is 11.8 Å². The normalized spacial score (nSPS) is 11.1. The van der Waals surface area contributed by atoms with Crippen molar-refractivity contribution in [1.82, 2.24) is 24.5 Å². The molecule has 0 atom stereocenters. The fourth-order valence-electron chi connectivity index (χ4n) is 1.83. The van der Waals surface area contributed by atoms with Gasteiger partial charge in [0.1, 0.15) is 5.82 Å². The summed E-state index contributed by atoms with van der Waals surface area (Å²) < 4.78 is 3.95. The van der Waals surface area contributed by atoms with Crippen molar-refractivity contribution < 1.29 is 0 Å². The number of hydrogen-bond acceptors (Lipinski definition) is 5. The minimum Gasteiger partial charge on any atom is -0.324 e. The maximum absolute atomic E-state index is 5.63. The molecule has 98 valence electrons. The fourth-order valence-corrected chi connectivity index (χ4v) is 2.87. The van der Waals surface area contributed by atoms with Gasteiger partial charge in [0.05, 0.1) is 12.2 Å². The van der Waals surface area contributed by atoms with E-state index in [9.17, 15) is 0 Å². The molecule has 0 bridgehead atoms. The molecule has 2 heterocycles. The van der Waals surface area contributed by atoms with E-state index in [-0.39, 0.29) is 0 Å². The molecule has 0 unspecified atom stereocenters. The first-order valence-corrected chi connectivity index (χ1v) is 6.88. The SMILES string of the molecule is CCn1c(CN)nnc1SCc1cc(C)nn1C. The van der Waals surface area contributed by atoms with Gasteiger partial charge in [-0.25, -0.2) is 0 Å². The van der Waals surface area contributed by atoms with E-state index < -0.39 is 0 Å². The Kier molecular flexibility index (Phi) is 4.03. The van der Waals surface area contributed by atoms with E-state index in [0.29, 0.717) is 6.54 Å². The lowest BCUT2D eigenvalue weighted by Crippen LogP contribution is -2.08. The van der Waals surface area contributed by atoms with Gasteiger partial charge in [0.25, 0.3) is 0 Å². The number of thioether (sulfide) groups is 1. The van der Waals surface area contributed by atoms with Gasteiger partial charge in [-0.05, 0) is 19.9 Å². The van der Waals surface area contributed by atoms with Gasteiger partial charge in [-0.2, -0.15) is 5.10 Å². The fraction of sp³-hybridized carbons (Fsp3) is 0.545. The van der Waals surface area contributed by atoms with Crippen molar-refractivity contribution in [3.05, 3.63) is 23.3 Å². The van der Waals surface area contributed by atoms with Crippen LogP contribution in [0.4, 0.5) is 0 Å². The molecule has 0 aliphatic heterocycles. The average molecular weight is 266 g/mol. The van der Waals surface area contributed by atoms with Gasteiger partial charge in [0.2, 0.25) is 0 Å². The van der Waals surface area contributed by atoms with Crippen molar-refractivity contribution in [3.63, 3.8) is 0 Å². The maximum atomic E-state index is 5.63. The topological polar surface area (TPSA) is 74.6 Å². The van der Waals surface area contributed by atoms with Gasteiger partial charge in [-0.1, -0.05) is 11.8 Å².